The number of anilines is 1. The van der Waals surface area contributed by atoms with Crippen LogP contribution in [0.3, 0.4) is 0 Å². The van der Waals surface area contributed by atoms with Gasteiger partial charge < -0.3 is 16.4 Å². The van der Waals surface area contributed by atoms with E-state index >= 15 is 0 Å². The van der Waals surface area contributed by atoms with Crippen LogP contribution >= 0.6 is 0 Å². The molecule has 0 aliphatic carbocycles. The van der Waals surface area contributed by atoms with Gasteiger partial charge in [0.2, 0.25) is 11.8 Å². The number of carbonyl (C=O) groups excluding carboxylic acids is 2. The van der Waals surface area contributed by atoms with Gasteiger partial charge >= 0.3 is 0 Å². The van der Waals surface area contributed by atoms with Gasteiger partial charge in [-0.3, -0.25) is 9.59 Å². The summed E-state index contributed by atoms with van der Waals surface area (Å²) in [7, 11) is 0. The Balaban J connectivity index is 2.42. The monoisotopic (exact) mass is 235 g/mol. The summed E-state index contributed by atoms with van der Waals surface area (Å²) in [5.41, 5.74) is 6.98. The Bertz CT molecular complexity index is 404. The van der Waals surface area contributed by atoms with Gasteiger partial charge in [0.25, 0.3) is 0 Å². The predicted molar refractivity (Wildman–Crippen MR) is 66.5 cm³/mol. The zero-order valence-corrected chi connectivity index (χ0v) is 9.82. The first-order valence-electron chi connectivity index (χ1n) is 5.45. The van der Waals surface area contributed by atoms with Gasteiger partial charge in [-0.05, 0) is 24.6 Å². The van der Waals surface area contributed by atoms with Crippen LogP contribution in [0.15, 0.2) is 24.3 Å². The van der Waals surface area contributed by atoms with Crippen molar-refractivity contribution in [3.05, 3.63) is 29.8 Å². The minimum absolute atomic E-state index is 0.187. The first-order valence-corrected chi connectivity index (χ1v) is 5.45. The highest BCUT2D eigenvalue weighted by Crippen LogP contribution is 2.09. The van der Waals surface area contributed by atoms with Crippen LogP contribution in [0, 0.1) is 6.92 Å². The predicted octanol–water partition coefficient (Wildman–Crippen LogP) is 0.399. The fraction of sp³-hybridized carbons (Fsp3) is 0.333. The van der Waals surface area contributed by atoms with Crippen molar-refractivity contribution >= 4 is 17.5 Å². The molecule has 0 saturated carbocycles. The molecule has 5 heteroatoms. The Morgan fingerprint density at radius 3 is 2.71 bits per heavy atom. The van der Waals surface area contributed by atoms with Crippen molar-refractivity contribution in [3.63, 3.8) is 0 Å². The SMILES string of the molecule is Cc1cccc(NC(=O)CC(=O)NCCN)c1. The van der Waals surface area contributed by atoms with E-state index in [-0.39, 0.29) is 18.2 Å². The molecule has 0 fully saturated rings. The van der Waals surface area contributed by atoms with Gasteiger partial charge in [0.05, 0.1) is 0 Å². The highest BCUT2D eigenvalue weighted by atomic mass is 16.2. The quantitative estimate of drug-likeness (QED) is 0.646. The number of carbonyl (C=O) groups is 2. The summed E-state index contributed by atoms with van der Waals surface area (Å²) in [6.45, 7) is 2.69. The third-order valence-corrected chi connectivity index (χ3v) is 2.09. The van der Waals surface area contributed by atoms with Crippen molar-refractivity contribution in [2.24, 2.45) is 5.73 Å². The molecule has 0 saturated heterocycles. The highest BCUT2D eigenvalue weighted by Gasteiger charge is 2.08. The van der Waals surface area contributed by atoms with Gasteiger partial charge in [-0.25, -0.2) is 0 Å². The molecule has 0 atom stereocenters. The molecule has 0 aromatic heterocycles. The minimum Gasteiger partial charge on any atom is -0.354 e. The van der Waals surface area contributed by atoms with Crippen molar-refractivity contribution in [1.29, 1.82) is 0 Å². The van der Waals surface area contributed by atoms with Crippen LogP contribution in [0.25, 0.3) is 0 Å². The molecule has 1 rings (SSSR count). The Morgan fingerprint density at radius 2 is 2.06 bits per heavy atom. The minimum atomic E-state index is -0.329. The molecule has 5 nitrogen and oxygen atoms in total. The molecule has 0 bridgehead atoms. The molecule has 4 N–H and O–H groups in total. The van der Waals surface area contributed by atoms with E-state index < -0.39 is 0 Å². The molecule has 1 aromatic rings. The van der Waals surface area contributed by atoms with E-state index in [1.165, 1.54) is 0 Å². The summed E-state index contributed by atoms with van der Waals surface area (Å²) >= 11 is 0. The summed E-state index contributed by atoms with van der Waals surface area (Å²) in [4.78, 5) is 22.7. The van der Waals surface area contributed by atoms with Crippen LogP contribution in [0.5, 0.6) is 0 Å². The fourth-order valence-electron chi connectivity index (χ4n) is 1.35. The van der Waals surface area contributed by atoms with Crippen molar-refractivity contribution in [1.82, 2.24) is 5.32 Å². The molecule has 0 aliphatic heterocycles. The fourth-order valence-corrected chi connectivity index (χ4v) is 1.35. The lowest BCUT2D eigenvalue weighted by atomic mass is 10.2. The molecule has 0 heterocycles. The topological polar surface area (TPSA) is 84.2 Å². The van der Waals surface area contributed by atoms with Gasteiger partial charge in [0, 0.05) is 18.8 Å². The second-order valence-corrected chi connectivity index (χ2v) is 3.73. The number of hydrogen-bond acceptors (Lipinski definition) is 3. The van der Waals surface area contributed by atoms with Gasteiger partial charge in [0.1, 0.15) is 6.42 Å². The molecule has 0 radical (unpaired) electrons. The molecule has 0 spiro atoms. The summed E-state index contributed by atoms with van der Waals surface area (Å²) < 4.78 is 0. The van der Waals surface area contributed by atoms with E-state index in [0.29, 0.717) is 18.8 Å². The molecule has 0 unspecified atom stereocenters. The lowest BCUT2D eigenvalue weighted by molar-refractivity contribution is -0.126. The molecule has 2 amide bonds. The van der Waals surface area contributed by atoms with Gasteiger partial charge in [-0.2, -0.15) is 0 Å². The zero-order valence-electron chi connectivity index (χ0n) is 9.82. The molecular weight excluding hydrogens is 218 g/mol. The van der Waals surface area contributed by atoms with Crippen LogP contribution in [-0.4, -0.2) is 24.9 Å². The summed E-state index contributed by atoms with van der Waals surface area (Å²) in [6.07, 6.45) is -0.187. The third-order valence-electron chi connectivity index (χ3n) is 2.09. The number of nitrogens with one attached hydrogen (secondary N) is 2. The Hall–Kier alpha value is -1.88. The van der Waals surface area contributed by atoms with Crippen LogP contribution in [0.2, 0.25) is 0 Å². The van der Waals surface area contributed by atoms with E-state index in [1.54, 1.807) is 6.07 Å². The van der Waals surface area contributed by atoms with Crippen LogP contribution in [0.4, 0.5) is 5.69 Å². The number of aryl methyl sites for hydroxylation is 1. The standard InChI is InChI=1S/C12H17N3O2/c1-9-3-2-4-10(7-9)15-12(17)8-11(16)14-6-5-13/h2-4,7H,5-6,8,13H2,1H3,(H,14,16)(H,15,17). The van der Waals surface area contributed by atoms with Crippen LogP contribution in [0.1, 0.15) is 12.0 Å². The largest absolute Gasteiger partial charge is 0.354 e. The van der Waals surface area contributed by atoms with E-state index in [9.17, 15) is 9.59 Å². The Morgan fingerprint density at radius 1 is 1.29 bits per heavy atom. The first-order chi connectivity index (χ1) is 8.11. The van der Waals surface area contributed by atoms with E-state index in [4.69, 9.17) is 5.73 Å². The summed E-state index contributed by atoms with van der Waals surface area (Å²) in [6, 6.07) is 7.40. The lowest BCUT2D eigenvalue weighted by Crippen LogP contribution is -2.31. The average molecular weight is 235 g/mol. The number of hydrogen-bond donors (Lipinski definition) is 3. The molecule has 0 aliphatic rings. The zero-order chi connectivity index (χ0) is 12.7. The summed E-state index contributed by atoms with van der Waals surface area (Å²) in [5.74, 6) is -0.647. The first kappa shape index (κ1) is 13.2. The van der Waals surface area contributed by atoms with Crippen molar-refractivity contribution in [2.75, 3.05) is 18.4 Å². The van der Waals surface area contributed by atoms with Crippen molar-refractivity contribution in [2.45, 2.75) is 13.3 Å². The molecular formula is C12H17N3O2. The van der Waals surface area contributed by atoms with E-state index in [1.807, 2.05) is 25.1 Å². The Labute approximate surface area is 100 Å². The van der Waals surface area contributed by atoms with E-state index in [0.717, 1.165) is 5.56 Å². The van der Waals surface area contributed by atoms with E-state index in [2.05, 4.69) is 10.6 Å². The third kappa shape index (κ3) is 5.12. The molecule has 92 valence electrons. The average Bonchev–Trinajstić information content (AvgIpc) is 2.26. The Kier molecular flexibility index (Phi) is 5.16. The maximum atomic E-state index is 11.5. The maximum absolute atomic E-state index is 11.5. The van der Waals surface area contributed by atoms with Crippen LogP contribution in [-0.2, 0) is 9.59 Å². The van der Waals surface area contributed by atoms with Crippen molar-refractivity contribution in [3.8, 4) is 0 Å². The van der Waals surface area contributed by atoms with Gasteiger partial charge in [-0.1, -0.05) is 12.1 Å². The normalized spacial score (nSPS) is 9.76. The maximum Gasteiger partial charge on any atom is 0.233 e. The van der Waals surface area contributed by atoms with Gasteiger partial charge in [0.15, 0.2) is 0 Å². The number of amides is 2. The van der Waals surface area contributed by atoms with Crippen molar-refractivity contribution < 1.29 is 9.59 Å². The number of benzene rings is 1. The second-order valence-electron chi connectivity index (χ2n) is 3.73. The summed E-state index contributed by atoms with van der Waals surface area (Å²) in [5, 5.41) is 5.19. The van der Waals surface area contributed by atoms with Gasteiger partial charge in [-0.15, -0.1) is 0 Å². The van der Waals surface area contributed by atoms with Crippen LogP contribution < -0.4 is 16.4 Å². The highest BCUT2D eigenvalue weighted by molar-refractivity contribution is 6.03. The smallest absolute Gasteiger partial charge is 0.233 e. The number of nitrogens with two attached hydrogens (primary N) is 1. The molecule has 17 heavy (non-hydrogen) atoms. The number of rotatable bonds is 5. The molecule has 1 aromatic carbocycles. The second kappa shape index (κ2) is 6.65. The lowest BCUT2D eigenvalue weighted by Gasteiger charge is -2.06.